The molecular weight excluding hydrogens is 290 g/mol. The van der Waals surface area contributed by atoms with E-state index in [0.29, 0.717) is 18.8 Å². The summed E-state index contributed by atoms with van der Waals surface area (Å²) in [5, 5.41) is 9.12. The highest BCUT2D eigenvalue weighted by Crippen LogP contribution is 2.34. The first-order valence-corrected chi connectivity index (χ1v) is 8.20. The number of benzene rings is 1. The minimum absolute atomic E-state index is 0.0108. The Morgan fingerprint density at radius 3 is 3.00 bits per heavy atom. The van der Waals surface area contributed by atoms with E-state index >= 15 is 0 Å². The van der Waals surface area contributed by atoms with Gasteiger partial charge in [0.25, 0.3) is 0 Å². The molecule has 2 saturated heterocycles. The number of amides is 1. The third kappa shape index (κ3) is 3.48. The average molecular weight is 313 g/mol. The zero-order valence-corrected chi connectivity index (χ0v) is 13.6. The van der Waals surface area contributed by atoms with E-state index in [-0.39, 0.29) is 11.3 Å². The summed E-state index contributed by atoms with van der Waals surface area (Å²) in [5.41, 5.74) is 1.73. The Hall–Kier alpha value is -2.06. The fraction of sp³-hybridized carbons (Fsp3) is 0.556. The highest BCUT2D eigenvalue weighted by atomic mass is 16.5. The maximum absolute atomic E-state index is 11.8. The van der Waals surface area contributed by atoms with Crippen LogP contribution in [-0.4, -0.2) is 50.2 Å². The van der Waals surface area contributed by atoms with Gasteiger partial charge in [0.1, 0.15) is 0 Å². The van der Waals surface area contributed by atoms with Crippen molar-refractivity contribution in [2.75, 3.05) is 44.3 Å². The molecule has 2 heterocycles. The van der Waals surface area contributed by atoms with Crippen LogP contribution >= 0.6 is 0 Å². The van der Waals surface area contributed by atoms with Crippen LogP contribution in [0.1, 0.15) is 25.3 Å². The Kier molecular flexibility index (Phi) is 4.53. The number of nitrogens with zero attached hydrogens (tertiary/aromatic N) is 3. The summed E-state index contributed by atoms with van der Waals surface area (Å²) in [6.45, 7) is 6.31. The van der Waals surface area contributed by atoms with Gasteiger partial charge in [-0.15, -0.1) is 0 Å². The highest BCUT2D eigenvalue weighted by Gasteiger charge is 2.39. The van der Waals surface area contributed by atoms with Gasteiger partial charge in [-0.2, -0.15) is 5.26 Å². The molecule has 1 unspecified atom stereocenters. The maximum Gasteiger partial charge on any atom is 0.219 e. The van der Waals surface area contributed by atoms with Crippen molar-refractivity contribution >= 4 is 11.6 Å². The minimum atomic E-state index is -0.0108. The van der Waals surface area contributed by atoms with Crippen molar-refractivity contribution in [2.24, 2.45) is 5.41 Å². The Bertz CT molecular complexity index is 625. The summed E-state index contributed by atoms with van der Waals surface area (Å²) >= 11 is 0. The Labute approximate surface area is 137 Å². The van der Waals surface area contributed by atoms with Crippen LogP contribution in [0.5, 0.6) is 0 Å². The third-order valence-corrected chi connectivity index (χ3v) is 4.89. The van der Waals surface area contributed by atoms with E-state index in [0.717, 1.165) is 44.7 Å². The summed E-state index contributed by atoms with van der Waals surface area (Å²) in [6, 6.07) is 9.94. The first-order valence-electron chi connectivity index (χ1n) is 8.20. The van der Waals surface area contributed by atoms with Gasteiger partial charge in [-0.05, 0) is 31.0 Å². The van der Waals surface area contributed by atoms with Crippen molar-refractivity contribution in [1.29, 1.82) is 5.26 Å². The molecule has 0 aliphatic carbocycles. The zero-order valence-electron chi connectivity index (χ0n) is 13.6. The molecule has 0 N–H and O–H groups in total. The molecule has 23 heavy (non-hydrogen) atoms. The van der Waals surface area contributed by atoms with Gasteiger partial charge in [0.05, 0.1) is 24.8 Å². The van der Waals surface area contributed by atoms with Crippen LogP contribution in [-0.2, 0) is 9.53 Å². The molecule has 0 bridgehead atoms. The smallest absolute Gasteiger partial charge is 0.219 e. The van der Waals surface area contributed by atoms with Crippen LogP contribution in [0.15, 0.2) is 24.3 Å². The summed E-state index contributed by atoms with van der Waals surface area (Å²) in [4.78, 5) is 16.0. The largest absolute Gasteiger partial charge is 0.379 e. The third-order valence-electron chi connectivity index (χ3n) is 4.89. The monoisotopic (exact) mass is 313 g/mol. The molecule has 1 aromatic carbocycles. The lowest BCUT2D eigenvalue weighted by Crippen LogP contribution is -2.51. The topological polar surface area (TPSA) is 56.6 Å². The molecule has 0 radical (unpaired) electrons. The van der Waals surface area contributed by atoms with E-state index in [1.165, 1.54) is 0 Å². The van der Waals surface area contributed by atoms with E-state index < -0.39 is 0 Å². The summed E-state index contributed by atoms with van der Waals surface area (Å²) in [5.74, 6) is 0.145. The van der Waals surface area contributed by atoms with E-state index in [2.05, 4.69) is 11.0 Å². The Morgan fingerprint density at radius 1 is 1.35 bits per heavy atom. The van der Waals surface area contributed by atoms with Crippen LogP contribution in [0.3, 0.4) is 0 Å². The second-order valence-electron chi connectivity index (χ2n) is 6.68. The molecule has 0 aromatic heterocycles. The standard InChI is InChI=1S/C18H23N3O2/c1-15(22)20-7-3-6-18(12-20)13-21(8-9-23-14-18)17-5-2-4-16(10-17)11-19/h2,4-5,10H,3,6-9,12-14H2,1H3. The average Bonchev–Trinajstić information content (AvgIpc) is 2.77. The number of hydrogen-bond acceptors (Lipinski definition) is 4. The molecule has 2 fully saturated rings. The van der Waals surface area contributed by atoms with Crippen LogP contribution in [0.4, 0.5) is 5.69 Å². The van der Waals surface area contributed by atoms with E-state index in [1.807, 2.05) is 29.2 Å². The molecule has 0 saturated carbocycles. The van der Waals surface area contributed by atoms with Gasteiger partial charge in [0, 0.05) is 44.2 Å². The zero-order chi connectivity index (χ0) is 16.3. The second kappa shape index (κ2) is 6.59. The van der Waals surface area contributed by atoms with Crippen LogP contribution in [0.25, 0.3) is 0 Å². The van der Waals surface area contributed by atoms with Crippen LogP contribution < -0.4 is 4.90 Å². The molecule has 1 aromatic rings. The lowest BCUT2D eigenvalue weighted by atomic mass is 9.80. The molecule has 1 amide bonds. The van der Waals surface area contributed by atoms with E-state index in [4.69, 9.17) is 10.00 Å². The normalized spacial score (nSPS) is 25.0. The van der Waals surface area contributed by atoms with Crippen molar-refractivity contribution in [2.45, 2.75) is 19.8 Å². The van der Waals surface area contributed by atoms with E-state index in [1.54, 1.807) is 6.92 Å². The number of rotatable bonds is 1. The van der Waals surface area contributed by atoms with Gasteiger partial charge in [0.2, 0.25) is 5.91 Å². The lowest BCUT2D eigenvalue weighted by Gasteiger charge is -2.43. The quantitative estimate of drug-likeness (QED) is 0.796. The molecule has 1 atom stereocenters. The molecule has 2 aliphatic rings. The van der Waals surface area contributed by atoms with Crippen LogP contribution in [0.2, 0.25) is 0 Å². The number of ether oxygens (including phenoxy) is 1. The van der Waals surface area contributed by atoms with Crippen molar-refractivity contribution in [1.82, 2.24) is 4.90 Å². The summed E-state index contributed by atoms with van der Waals surface area (Å²) in [6.07, 6.45) is 2.10. The second-order valence-corrected chi connectivity index (χ2v) is 6.68. The molecule has 1 spiro atoms. The van der Waals surface area contributed by atoms with Crippen molar-refractivity contribution < 1.29 is 9.53 Å². The van der Waals surface area contributed by atoms with Gasteiger partial charge in [-0.1, -0.05) is 6.07 Å². The molecular formula is C18H23N3O2. The highest BCUT2D eigenvalue weighted by molar-refractivity contribution is 5.73. The van der Waals surface area contributed by atoms with Gasteiger partial charge < -0.3 is 14.5 Å². The molecule has 3 rings (SSSR count). The number of likely N-dealkylation sites (tertiary alicyclic amines) is 1. The van der Waals surface area contributed by atoms with Crippen molar-refractivity contribution in [3.05, 3.63) is 29.8 Å². The van der Waals surface area contributed by atoms with Crippen molar-refractivity contribution in [3.8, 4) is 6.07 Å². The first kappa shape index (κ1) is 15.8. The van der Waals surface area contributed by atoms with Gasteiger partial charge in [0.15, 0.2) is 0 Å². The maximum atomic E-state index is 11.8. The van der Waals surface area contributed by atoms with E-state index in [9.17, 15) is 4.79 Å². The number of nitriles is 1. The minimum Gasteiger partial charge on any atom is -0.379 e. The predicted molar refractivity (Wildman–Crippen MR) is 88.1 cm³/mol. The number of anilines is 1. The predicted octanol–water partition coefficient (Wildman–Crippen LogP) is 2.02. The Morgan fingerprint density at radius 2 is 2.22 bits per heavy atom. The van der Waals surface area contributed by atoms with Gasteiger partial charge in [-0.25, -0.2) is 0 Å². The summed E-state index contributed by atoms with van der Waals surface area (Å²) in [7, 11) is 0. The first-order chi connectivity index (χ1) is 11.1. The number of hydrogen-bond donors (Lipinski definition) is 0. The van der Waals surface area contributed by atoms with Crippen LogP contribution in [0, 0.1) is 16.7 Å². The molecule has 5 nitrogen and oxygen atoms in total. The SMILES string of the molecule is CC(=O)N1CCCC2(COCCN(c3cccc(C#N)c3)C2)C1. The fourth-order valence-corrected chi connectivity index (χ4v) is 3.71. The molecule has 2 aliphatic heterocycles. The molecule has 122 valence electrons. The lowest BCUT2D eigenvalue weighted by molar-refractivity contribution is -0.133. The van der Waals surface area contributed by atoms with Gasteiger partial charge >= 0.3 is 0 Å². The van der Waals surface area contributed by atoms with Gasteiger partial charge in [-0.3, -0.25) is 4.79 Å². The summed E-state index contributed by atoms with van der Waals surface area (Å²) < 4.78 is 5.88. The Balaban J connectivity index is 1.83. The molecule has 5 heteroatoms. The number of carbonyl (C=O) groups excluding carboxylic acids is 1. The van der Waals surface area contributed by atoms with Crippen molar-refractivity contribution in [3.63, 3.8) is 0 Å². The fourth-order valence-electron chi connectivity index (χ4n) is 3.71. The number of piperidine rings is 1. The number of carbonyl (C=O) groups is 1.